The molecule has 1 heterocycles. The highest BCUT2D eigenvalue weighted by atomic mass is 16.4. The summed E-state index contributed by atoms with van der Waals surface area (Å²) in [6.07, 6.45) is 3.09. The maximum atomic E-state index is 12.3. The van der Waals surface area contributed by atoms with Gasteiger partial charge in [0.1, 0.15) is 0 Å². The van der Waals surface area contributed by atoms with E-state index in [-0.39, 0.29) is 18.4 Å². The smallest absolute Gasteiger partial charge is 0.305 e. The minimum Gasteiger partial charge on any atom is -0.481 e. The summed E-state index contributed by atoms with van der Waals surface area (Å²) in [5, 5.41) is 8.90. The van der Waals surface area contributed by atoms with Crippen molar-refractivity contribution in [3.63, 3.8) is 0 Å². The normalized spacial score (nSPS) is 19.5. The van der Waals surface area contributed by atoms with Gasteiger partial charge in [0.2, 0.25) is 5.91 Å². The van der Waals surface area contributed by atoms with Crippen LogP contribution in [0.5, 0.6) is 0 Å². The fraction of sp³-hybridized carbons (Fsp3) is 0.529. The molecule has 0 radical (unpaired) electrons. The van der Waals surface area contributed by atoms with Crippen molar-refractivity contribution in [2.24, 2.45) is 0 Å². The number of carbonyl (C=O) groups excluding carboxylic acids is 1. The fourth-order valence-electron chi connectivity index (χ4n) is 3.01. The molecule has 4 nitrogen and oxygen atoms in total. The predicted molar refractivity (Wildman–Crippen MR) is 81.1 cm³/mol. The molecule has 4 heteroatoms. The number of carboxylic acid groups (broad SMARTS) is 1. The molecule has 0 spiro atoms. The summed E-state index contributed by atoms with van der Waals surface area (Å²) < 4.78 is 0. The lowest BCUT2D eigenvalue weighted by Gasteiger charge is -2.24. The van der Waals surface area contributed by atoms with Gasteiger partial charge in [0, 0.05) is 19.0 Å². The first kappa shape index (κ1) is 15.5. The Bertz CT molecular complexity index is 486. The van der Waals surface area contributed by atoms with E-state index in [9.17, 15) is 9.59 Å². The molecule has 1 saturated heterocycles. The molecule has 1 aliphatic rings. The maximum absolute atomic E-state index is 12.3. The van der Waals surface area contributed by atoms with Crippen LogP contribution in [0, 0.1) is 0 Å². The Morgan fingerprint density at radius 2 is 2.05 bits per heavy atom. The van der Waals surface area contributed by atoms with E-state index in [0.717, 1.165) is 19.3 Å². The van der Waals surface area contributed by atoms with Gasteiger partial charge in [0.05, 0.1) is 6.42 Å². The molecule has 1 amide bonds. The van der Waals surface area contributed by atoms with Gasteiger partial charge in [-0.05, 0) is 30.7 Å². The van der Waals surface area contributed by atoms with E-state index in [1.165, 1.54) is 5.56 Å². The Kier molecular flexibility index (Phi) is 5.37. The molecule has 0 bridgehead atoms. The number of likely N-dealkylation sites (tertiary alicyclic amines) is 1. The van der Waals surface area contributed by atoms with Crippen LogP contribution in [0.25, 0.3) is 0 Å². The Balaban J connectivity index is 1.85. The first-order chi connectivity index (χ1) is 10.1. The third-order valence-electron chi connectivity index (χ3n) is 4.27. The summed E-state index contributed by atoms with van der Waals surface area (Å²) in [6, 6.07) is 10.1. The van der Waals surface area contributed by atoms with Gasteiger partial charge in [-0.2, -0.15) is 0 Å². The fourth-order valence-corrected chi connectivity index (χ4v) is 3.01. The lowest BCUT2D eigenvalue weighted by atomic mass is 9.96. The van der Waals surface area contributed by atoms with Gasteiger partial charge in [0.15, 0.2) is 0 Å². The highest BCUT2D eigenvalue weighted by Crippen LogP contribution is 2.24. The number of hydrogen-bond donors (Lipinski definition) is 1. The van der Waals surface area contributed by atoms with Gasteiger partial charge in [-0.1, -0.05) is 37.3 Å². The van der Waals surface area contributed by atoms with Crippen molar-refractivity contribution in [1.82, 2.24) is 4.90 Å². The predicted octanol–water partition coefficient (Wildman–Crippen LogP) is 3.04. The van der Waals surface area contributed by atoms with Gasteiger partial charge in [-0.3, -0.25) is 9.59 Å². The van der Waals surface area contributed by atoms with Crippen LogP contribution >= 0.6 is 0 Å². The average Bonchev–Trinajstić information content (AvgIpc) is 2.92. The largest absolute Gasteiger partial charge is 0.481 e. The Hall–Kier alpha value is -1.84. The zero-order valence-corrected chi connectivity index (χ0v) is 12.5. The first-order valence-corrected chi connectivity index (χ1v) is 7.64. The number of carbonyl (C=O) groups is 2. The van der Waals surface area contributed by atoms with Crippen molar-refractivity contribution in [3.8, 4) is 0 Å². The summed E-state index contributed by atoms with van der Waals surface area (Å²) in [7, 11) is 0. The van der Waals surface area contributed by atoms with Crippen LogP contribution in [0.15, 0.2) is 30.3 Å². The van der Waals surface area contributed by atoms with Crippen LogP contribution in [-0.4, -0.2) is 34.5 Å². The second kappa shape index (κ2) is 7.25. The molecule has 2 atom stereocenters. The van der Waals surface area contributed by atoms with E-state index in [1.807, 2.05) is 18.2 Å². The molecular weight excluding hydrogens is 266 g/mol. The van der Waals surface area contributed by atoms with Gasteiger partial charge in [-0.25, -0.2) is 0 Å². The number of nitrogens with zero attached hydrogens (tertiary/aromatic N) is 1. The van der Waals surface area contributed by atoms with E-state index < -0.39 is 5.97 Å². The molecule has 1 aliphatic heterocycles. The van der Waals surface area contributed by atoms with Crippen LogP contribution in [0.1, 0.15) is 50.5 Å². The Morgan fingerprint density at radius 3 is 2.71 bits per heavy atom. The van der Waals surface area contributed by atoms with Crippen LogP contribution in [0.4, 0.5) is 0 Å². The van der Waals surface area contributed by atoms with Gasteiger partial charge in [0.25, 0.3) is 0 Å². The number of amides is 1. The van der Waals surface area contributed by atoms with Gasteiger partial charge < -0.3 is 10.0 Å². The summed E-state index contributed by atoms with van der Waals surface area (Å²) in [5.41, 5.74) is 1.24. The minimum absolute atomic E-state index is 0.0694. The van der Waals surface area contributed by atoms with Crippen LogP contribution in [-0.2, 0) is 9.59 Å². The first-order valence-electron chi connectivity index (χ1n) is 7.64. The highest BCUT2D eigenvalue weighted by molar-refractivity contribution is 5.78. The van der Waals surface area contributed by atoms with Crippen molar-refractivity contribution in [3.05, 3.63) is 35.9 Å². The van der Waals surface area contributed by atoms with Crippen molar-refractivity contribution in [2.45, 2.75) is 51.0 Å². The van der Waals surface area contributed by atoms with E-state index in [0.29, 0.717) is 18.9 Å². The van der Waals surface area contributed by atoms with Gasteiger partial charge in [-0.15, -0.1) is 0 Å². The lowest BCUT2D eigenvalue weighted by Crippen LogP contribution is -2.36. The van der Waals surface area contributed by atoms with E-state index in [4.69, 9.17) is 5.11 Å². The minimum atomic E-state index is -0.822. The molecule has 2 rings (SSSR count). The van der Waals surface area contributed by atoms with Crippen LogP contribution in [0.3, 0.4) is 0 Å². The van der Waals surface area contributed by atoms with Crippen molar-refractivity contribution in [1.29, 1.82) is 0 Å². The van der Waals surface area contributed by atoms with Crippen molar-refractivity contribution in [2.75, 3.05) is 6.54 Å². The molecule has 1 aromatic rings. The standard InChI is InChI=1S/C17H23NO3/c1-13(14-6-3-2-4-7-14)9-10-16(19)18-11-5-8-15(18)12-17(20)21/h2-4,6-7,13,15H,5,8-12H2,1H3,(H,20,21). The number of carboxylic acids is 1. The summed E-state index contributed by atoms with van der Waals surface area (Å²) in [6.45, 7) is 2.83. The second-order valence-corrected chi connectivity index (χ2v) is 5.83. The molecule has 2 unspecified atom stereocenters. The number of aliphatic carboxylic acids is 1. The molecule has 0 aliphatic carbocycles. The average molecular weight is 289 g/mol. The van der Waals surface area contributed by atoms with E-state index in [1.54, 1.807) is 4.90 Å². The zero-order valence-electron chi connectivity index (χ0n) is 12.5. The molecule has 1 fully saturated rings. The number of rotatable bonds is 6. The zero-order chi connectivity index (χ0) is 15.2. The molecule has 1 aromatic carbocycles. The highest BCUT2D eigenvalue weighted by Gasteiger charge is 2.30. The van der Waals surface area contributed by atoms with Gasteiger partial charge >= 0.3 is 5.97 Å². The van der Waals surface area contributed by atoms with E-state index >= 15 is 0 Å². The van der Waals surface area contributed by atoms with Crippen molar-refractivity contribution >= 4 is 11.9 Å². The number of hydrogen-bond acceptors (Lipinski definition) is 2. The number of benzene rings is 1. The van der Waals surface area contributed by atoms with Crippen LogP contribution in [0.2, 0.25) is 0 Å². The Morgan fingerprint density at radius 1 is 1.33 bits per heavy atom. The molecule has 1 N–H and O–H groups in total. The third-order valence-corrected chi connectivity index (χ3v) is 4.27. The third kappa shape index (κ3) is 4.31. The Labute approximate surface area is 125 Å². The van der Waals surface area contributed by atoms with Crippen LogP contribution < -0.4 is 0 Å². The monoisotopic (exact) mass is 289 g/mol. The maximum Gasteiger partial charge on any atom is 0.305 e. The SMILES string of the molecule is CC(CCC(=O)N1CCCC1CC(=O)O)c1ccccc1. The second-order valence-electron chi connectivity index (χ2n) is 5.83. The quantitative estimate of drug-likeness (QED) is 0.875. The lowest BCUT2D eigenvalue weighted by molar-refractivity contribution is -0.139. The summed E-state index contributed by atoms with van der Waals surface area (Å²) >= 11 is 0. The summed E-state index contributed by atoms with van der Waals surface area (Å²) in [5.74, 6) is -0.380. The molecule has 114 valence electrons. The van der Waals surface area contributed by atoms with Crippen molar-refractivity contribution < 1.29 is 14.7 Å². The van der Waals surface area contributed by atoms with E-state index in [2.05, 4.69) is 19.1 Å². The summed E-state index contributed by atoms with van der Waals surface area (Å²) in [4.78, 5) is 24.9. The molecule has 0 aromatic heterocycles. The molecular formula is C17H23NO3. The molecule has 0 saturated carbocycles. The topological polar surface area (TPSA) is 57.6 Å². The molecule has 21 heavy (non-hydrogen) atoms.